The van der Waals surface area contributed by atoms with Gasteiger partial charge in [0.05, 0.1) is 18.8 Å². The standard InChI is InChI=1S/C19H22N4O2/c1-2-18-20-9-15-11-23(12-16(15)21-18)19(24)13-22-7-8-25-17-6-4-3-5-14(17)10-22/h3-6,9H,2,7-8,10-13H2,1H3. The van der Waals surface area contributed by atoms with E-state index in [4.69, 9.17) is 4.74 Å². The quantitative estimate of drug-likeness (QED) is 0.854. The summed E-state index contributed by atoms with van der Waals surface area (Å²) >= 11 is 0. The van der Waals surface area contributed by atoms with E-state index < -0.39 is 0 Å². The summed E-state index contributed by atoms with van der Waals surface area (Å²) < 4.78 is 5.78. The zero-order valence-corrected chi connectivity index (χ0v) is 14.4. The number of aromatic nitrogens is 2. The van der Waals surface area contributed by atoms with Crippen LogP contribution in [0.3, 0.4) is 0 Å². The Morgan fingerprint density at radius 3 is 2.96 bits per heavy atom. The fourth-order valence-electron chi connectivity index (χ4n) is 3.35. The molecular formula is C19H22N4O2. The van der Waals surface area contributed by atoms with E-state index in [-0.39, 0.29) is 5.91 Å². The van der Waals surface area contributed by atoms with Crippen molar-refractivity contribution in [2.24, 2.45) is 0 Å². The first-order chi connectivity index (χ1) is 12.2. The molecule has 4 rings (SSSR count). The van der Waals surface area contributed by atoms with Gasteiger partial charge in [-0.2, -0.15) is 0 Å². The van der Waals surface area contributed by atoms with Crippen molar-refractivity contribution < 1.29 is 9.53 Å². The highest BCUT2D eigenvalue weighted by Crippen LogP contribution is 2.24. The molecule has 0 N–H and O–H groups in total. The zero-order chi connectivity index (χ0) is 17.2. The fourth-order valence-corrected chi connectivity index (χ4v) is 3.35. The van der Waals surface area contributed by atoms with Gasteiger partial charge in [-0.05, 0) is 6.07 Å². The molecule has 1 amide bonds. The summed E-state index contributed by atoms with van der Waals surface area (Å²) in [5.74, 6) is 1.90. The molecule has 6 nitrogen and oxygen atoms in total. The average Bonchev–Trinajstić information content (AvgIpc) is 2.95. The number of amides is 1. The summed E-state index contributed by atoms with van der Waals surface area (Å²) in [6.45, 7) is 5.74. The van der Waals surface area contributed by atoms with Crippen LogP contribution < -0.4 is 4.74 Å². The first-order valence-electron chi connectivity index (χ1n) is 8.77. The maximum absolute atomic E-state index is 12.8. The molecule has 0 saturated carbocycles. The SMILES string of the molecule is CCc1ncc2c(n1)CN(C(=O)CN1CCOc3ccccc3C1)C2. The first kappa shape index (κ1) is 16.0. The molecule has 0 radical (unpaired) electrons. The number of hydrogen-bond acceptors (Lipinski definition) is 5. The third-order valence-corrected chi connectivity index (χ3v) is 4.77. The largest absolute Gasteiger partial charge is 0.492 e. The number of carbonyl (C=O) groups excluding carboxylic acids is 1. The van der Waals surface area contributed by atoms with Crippen LogP contribution in [0.2, 0.25) is 0 Å². The predicted octanol–water partition coefficient (Wildman–Crippen LogP) is 1.78. The lowest BCUT2D eigenvalue weighted by Crippen LogP contribution is -2.38. The Labute approximate surface area is 147 Å². The first-order valence-corrected chi connectivity index (χ1v) is 8.77. The number of carbonyl (C=O) groups is 1. The van der Waals surface area contributed by atoms with Gasteiger partial charge in [-0.25, -0.2) is 9.97 Å². The van der Waals surface area contributed by atoms with Crippen molar-refractivity contribution in [3.63, 3.8) is 0 Å². The van der Waals surface area contributed by atoms with E-state index in [2.05, 4.69) is 20.9 Å². The maximum atomic E-state index is 12.8. The minimum absolute atomic E-state index is 0.135. The summed E-state index contributed by atoms with van der Waals surface area (Å²) in [6, 6.07) is 8.04. The minimum atomic E-state index is 0.135. The molecule has 6 heteroatoms. The van der Waals surface area contributed by atoms with Crippen molar-refractivity contribution in [2.75, 3.05) is 19.7 Å². The Bertz CT molecular complexity index is 793. The molecule has 130 valence electrons. The van der Waals surface area contributed by atoms with Gasteiger partial charge in [0.2, 0.25) is 5.91 Å². The van der Waals surface area contributed by atoms with E-state index in [0.29, 0.717) is 26.2 Å². The van der Waals surface area contributed by atoms with Crippen LogP contribution in [0.25, 0.3) is 0 Å². The Balaban J connectivity index is 1.41. The number of ether oxygens (including phenoxy) is 1. The van der Waals surface area contributed by atoms with Crippen molar-refractivity contribution in [2.45, 2.75) is 33.0 Å². The second kappa shape index (κ2) is 6.80. The minimum Gasteiger partial charge on any atom is -0.492 e. The summed E-state index contributed by atoms with van der Waals surface area (Å²) in [7, 11) is 0. The van der Waals surface area contributed by atoms with Gasteiger partial charge < -0.3 is 9.64 Å². The number of rotatable bonds is 3. The second-order valence-electron chi connectivity index (χ2n) is 6.53. The maximum Gasteiger partial charge on any atom is 0.237 e. The summed E-state index contributed by atoms with van der Waals surface area (Å²) in [5.41, 5.74) is 3.19. The summed E-state index contributed by atoms with van der Waals surface area (Å²) in [6.07, 6.45) is 2.68. The van der Waals surface area contributed by atoms with Gasteiger partial charge in [0.1, 0.15) is 18.2 Å². The number of para-hydroxylation sites is 1. The Hall–Kier alpha value is -2.47. The average molecular weight is 338 g/mol. The lowest BCUT2D eigenvalue weighted by Gasteiger charge is -2.22. The normalized spacial score (nSPS) is 16.8. The Morgan fingerprint density at radius 1 is 1.20 bits per heavy atom. The monoisotopic (exact) mass is 338 g/mol. The molecular weight excluding hydrogens is 316 g/mol. The fraction of sp³-hybridized carbons (Fsp3) is 0.421. The summed E-state index contributed by atoms with van der Waals surface area (Å²) in [4.78, 5) is 25.7. The molecule has 0 spiro atoms. The van der Waals surface area contributed by atoms with Crippen molar-refractivity contribution in [1.82, 2.24) is 19.8 Å². The molecule has 2 aliphatic heterocycles. The highest BCUT2D eigenvalue weighted by molar-refractivity contribution is 5.78. The molecule has 0 aliphatic carbocycles. The van der Waals surface area contributed by atoms with E-state index in [1.807, 2.05) is 36.2 Å². The van der Waals surface area contributed by atoms with Crippen LogP contribution in [-0.2, 0) is 30.8 Å². The van der Waals surface area contributed by atoms with E-state index in [0.717, 1.165) is 47.9 Å². The van der Waals surface area contributed by atoms with Gasteiger partial charge in [0.15, 0.2) is 0 Å². The third kappa shape index (κ3) is 3.35. The van der Waals surface area contributed by atoms with Crippen LogP contribution in [0, 0.1) is 0 Å². The van der Waals surface area contributed by atoms with E-state index in [1.54, 1.807) is 0 Å². The number of hydrogen-bond donors (Lipinski definition) is 0. The Kier molecular flexibility index (Phi) is 4.36. The van der Waals surface area contributed by atoms with Gasteiger partial charge in [-0.3, -0.25) is 9.69 Å². The highest BCUT2D eigenvalue weighted by atomic mass is 16.5. The van der Waals surface area contributed by atoms with E-state index in [9.17, 15) is 4.79 Å². The van der Waals surface area contributed by atoms with Crippen molar-refractivity contribution >= 4 is 5.91 Å². The number of benzene rings is 1. The number of nitrogens with zero attached hydrogens (tertiary/aromatic N) is 4. The van der Waals surface area contributed by atoms with E-state index in [1.165, 1.54) is 0 Å². The lowest BCUT2D eigenvalue weighted by molar-refractivity contribution is -0.133. The molecule has 3 heterocycles. The van der Waals surface area contributed by atoms with Crippen LogP contribution >= 0.6 is 0 Å². The molecule has 25 heavy (non-hydrogen) atoms. The van der Waals surface area contributed by atoms with Crippen LogP contribution in [0.15, 0.2) is 30.5 Å². The molecule has 1 aromatic carbocycles. The molecule has 0 bridgehead atoms. The van der Waals surface area contributed by atoms with Crippen molar-refractivity contribution in [3.8, 4) is 5.75 Å². The smallest absolute Gasteiger partial charge is 0.237 e. The number of aryl methyl sites for hydroxylation is 1. The van der Waals surface area contributed by atoms with Crippen LogP contribution in [0.4, 0.5) is 0 Å². The molecule has 2 aliphatic rings. The zero-order valence-electron chi connectivity index (χ0n) is 14.4. The number of fused-ring (bicyclic) bond motifs is 2. The van der Waals surface area contributed by atoms with Crippen LogP contribution in [0.1, 0.15) is 29.6 Å². The van der Waals surface area contributed by atoms with Crippen LogP contribution in [-0.4, -0.2) is 45.4 Å². The van der Waals surface area contributed by atoms with Gasteiger partial charge in [0, 0.05) is 43.4 Å². The third-order valence-electron chi connectivity index (χ3n) is 4.77. The lowest BCUT2D eigenvalue weighted by atomic mass is 10.2. The van der Waals surface area contributed by atoms with Crippen LogP contribution in [0.5, 0.6) is 5.75 Å². The van der Waals surface area contributed by atoms with Gasteiger partial charge in [-0.15, -0.1) is 0 Å². The molecule has 2 aromatic rings. The molecule has 0 fully saturated rings. The van der Waals surface area contributed by atoms with Gasteiger partial charge in [0.25, 0.3) is 0 Å². The summed E-state index contributed by atoms with van der Waals surface area (Å²) in [5, 5.41) is 0. The Morgan fingerprint density at radius 2 is 2.08 bits per heavy atom. The van der Waals surface area contributed by atoms with Crippen molar-refractivity contribution in [3.05, 3.63) is 53.1 Å². The van der Waals surface area contributed by atoms with Gasteiger partial charge >= 0.3 is 0 Å². The van der Waals surface area contributed by atoms with E-state index >= 15 is 0 Å². The topological polar surface area (TPSA) is 58.6 Å². The second-order valence-corrected chi connectivity index (χ2v) is 6.53. The van der Waals surface area contributed by atoms with Crippen molar-refractivity contribution in [1.29, 1.82) is 0 Å². The molecule has 0 atom stereocenters. The molecule has 1 aromatic heterocycles. The molecule has 0 unspecified atom stereocenters. The molecule has 0 saturated heterocycles. The van der Waals surface area contributed by atoms with Gasteiger partial charge in [-0.1, -0.05) is 25.1 Å². The predicted molar refractivity (Wildman–Crippen MR) is 92.9 cm³/mol. The highest BCUT2D eigenvalue weighted by Gasteiger charge is 2.27.